The van der Waals surface area contributed by atoms with Crippen LogP contribution in [0.25, 0.3) is 10.8 Å². The van der Waals surface area contributed by atoms with Gasteiger partial charge in [-0.1, -0.05) is 11.6 Å². The molecule has 17 heavy (non-hydrogen) atoms. The normalized spacial score (nSPS) is 10.5. The summed E-state index contributed by atoms with van der Waals surface area (Å²) < 4.78 is 17.7. The maximum Gasteiger partial charge on any atom is 0.354 e. The molecule has 0 aliphatic rings. The van der Waals surface area contributed by atoms with Crippen LogP contribution in [0, 0.1) is 5.82 Å². The Bertz CT molecular complexity index is 666. The first kappa shape index (κ1) is 11.6. The molecule has 0 radical (unpaired) electrons. The van der Waals surface area contributed by atoms with E-state index in [4.69, 9.17) is 11.6 Å². The van der Waals surface area contributed by atoms with Gasteiger partial charge in [0.1, 0.15) is 11.5 Å². The summed E-state index contributed by atoms with van der Waals surface area (Å²) in [7, 11) is 1.19. The van der Waals surface area contributed by atoms with E-state index < -0.39 is 17.3 Å². The van der Waals surface area contributed by atoms with Gasteiger partial charge in [0.25, 0.3) is 5.56 Å². The van der Waals surface area contributed by atoms with Gasteiger partial charge in [-0.15, -0.1) is 0 Å². The van der Waals surface area contributed by atoms with Crippen LogP contribution >= 0.6 is 11.6 Å². The minimum Gasteiger partial charge on any atom is -0.464 e. The van der Waals surface area contributed by atoms with Crippen LogP contribution in [0.4, 0.5) is 4.39 Å². The Morgan fingerprint density at radius 3 is 2.76 bits per heavy atom. The predicted octanol–water partition coefficient (Wildman–Crippen LogP) is 2.11. The van der Waals surface area contributed by atoms with Crippen molar-refractivity contribution in [3.63, 3.8) is 0 Å². The first-order valence-corrected chi connectivity index (χ1v) is 5.01. The number of esters is 1. The van der Waals surface area contributed by atoms with Gasteiger partial charge in [0, 0.05) is 5.39 Å². The van der Waals surface area contributed by atoms with E-state index in [0.29, 0.717) is 0 Å². The number of ether oxygens (including phenoxy) is 1. The van der Waals surface area contributed by atoms with Crippen LogP contribution in [0.3, 0.4) is 0 Å². The van der Waals surface area contributed by atoms with Gasteiger partial charge < -0.3 is 9.72 Å². The number of H-pyrrole nitrogens is 1. The number of halogens is 2. The maximum absolute atomic E-state index is 13.2. The van der Waals surface area contributed by atoms with Crippen molar-refractivity contribution < 1.29 is 13.9 Å². The van der Waals surface area contributed by atoms with Gasteiger partial charge in [0.05, 0.1) is 12.1 Å². The van der Waals surface area contributed by atoms with Crippen molar-refractivity contribution in [2.45, 2.75) is 0 Å². The third-order valence-electron chi connectivity index (χ3n) is 2.29. The van der Waals surface area contributed by atoms with Crippen LogP contribution in [0.1, 0.15) is 10.5 Å². The number of hydrogen-bond donors (Lipinski definition) is 1. The Labute approximate surface area is 100.0 Å². The number of aromatic amines is 1. The molecule has 2 aromatic rings. The minimum absolute atomic E-state index is 0.0354. The summed E-state index contributed by atoms with van der Waals surface area (Å²) in [5, 5.41) is 0.355. The summed E-state index contributed by atoms with van der Waals surface area (Å²) in [6, 6.07) is 3.65. The lowest BCUT2D eigenvalue weighted by atomic mass is 10.1. The number of fused-ring (bicyclic) bond motifs is 1. The molecule has 0 aliphatic heterocycles. The third kappa shape index (κ3) is 2.01. The second-order valence-corrected chi connectivity index (χ2v) is 3.76. The number of rotatable bonds is 1. The molecule has 4 nitrogen and oxygen atoms in total. The van der Waals surface area contributed by atoms with E-state index in [9.17, 15) is 14.0 Å². The molecule has 6 heteroatoms. The Morgan fingerprint density at radius 2 is 2.12 bits per heavy atom. The van der Waals surface area contributed by atoms with Gasteiger partial charge in [-0.3, -0.25) is 4.79 Å². The highest BCUT2D eigenvalue weighted by molar-refractivity contribution is 6.31. The molecule has 2 rings (SSSR count). The second kappa shape index (κ2) is 4.18. The molecule has 0 aliphatic carbocycles. The molecule has 1 N–H and O–H groups in total. The van der Waals surface area contributed by atoms with Gasteiger partial charge >= 0.3 is 5.97 Å². The smallest absolute Gasteiger partial charge is 0.354 e. The summed E-state index contributed by atoms with van der Waals surface area (Å²) in [6.07, 6.45) is 0. The lowest BCUT2D eigenvalue weighted by Gasteiger charge is -2.03. The van der Waals surface area contributed by atoms with Crippen LogP contribution in [0.2, 0.25) is 5.02 Å². The van der Waals surface area contributed by atoms with Crippen molar-refractivity contribution in [1.82, 2.24) is 4.98 Å². The van der Waals surface area contributed by atoms with Crippen LogP contribution in [0.15, 0.2) is 23.0 Å². The monoisotopic (exact) mass is 255 g/mol. The van der Waals surface area contributed by atoms with Crippen LogP contribution in [-0.4, -0.2) is 18.1 Å². The minimum atomic E-state index is -0.695. The highest BCUT2D eigenvalue weighted by atomic mass is 35.5. The molecule has 1 aromatic carbocycles. The molecule has 0 saturated heterocycles. The van der Waals surface area contributed by atoms with Crippen LogP contribution in [0.5, 0.6) is 0 Å². The zero-order chi connectivity index (χ0) is 12.6. The fourth-order valence-electron chi connectivity index (χ4n) is 1.48. The number of hydrogen-bond acceptors (Lipinski definition) is 3. The standard InChI is InChI=1S/C11H7ClFNO3/c1-17-11(16)9-3-5-2-8(13)7(12)4-6(5)10(15)14-9/h2-4H,1H3,(H,14,15). The SMILES string of the molecule is COC(=O)c1cc2cc(F)c(Cl)cc2c(=O)[nH]1. The van der Waals surface area contributed by atoms with Crippen molar-refractivity contribution in [2.75, 3.05) is 7.11 Å². The number of pyridine rings is 1. The van der Waals surface area contributed by atoms with Crippen molar-refractivity contribution in [1.29, 1.82) is 0 Å². The molecular formula is C11H7ClFNO3. The number of methoxy groups -OCH3 is 1. The maximum atomic E-state index is 13.2. The summed E-state index contributed by atoms with van der Waals surface area (Å²) in [4.78, 5) is 25.2. The Morgan fingerprint density at radius 1 is 1.41 bits per heavy atom. The average Bonchev–Trinajstić information content (AvgIpc) is 2.30. The summed E-state index contributed by atoms with van der Waals surface area (Å²) in [5.74, 6) is -1.35. The van der Waals surface area contributed by atoms with Gasteiger partial charge in [0.15, 0.2) is 0 Å². The molecule has 0 spiro atoms. The Balaban J connectivity index is 2.78. The van der Waals surface area contributed by atoms with Crippen molar-refractivity contribution in [2.24, 2.45) is 0 Å². The predicted molar refractivity (Wildman–Crippen MR) is 60.9 cm³/mol. The molecule has 0 saturated carbocycles. The largest absolute Gasteiger partial charge is 0.464 e. The molecule has 0 atom stereocenters. The third-order valence-corrected chi connectivity index (χ3v) is 2.58. The number of nitrogens with one attached hydrogen (secondary N) is 1. The van der Waals surface area contributed by atoms with Crippen molar-refractivity contribution in [3.05, 3.63) is 45.1 Å². The quantitative estimate of drug-likeness (QED) is 0.794. The zero-order valence-corrected chi connectivity index (χ0v) is 9.47. The molecule has 0 bridgehead atoms. The van der Waals surface area contributed by atoms with E-state index >= 15 is 0 Å². The molecule has 88 valence electrons. The lowest BCUT2D eigenvalue weighted by molar-refractivity contribution is 0.0594. The number of carbonyl (C=O) groups excluding carboxylic acids is 1. The van der Waals surface area contributed by atoms with E-state index in [1.54, 1.807) is 0 Å². The fraction of sp³-hybridized carbons (Fsp3) is 0.0909. The first-order valence-electron chi connectivity index (χ1n) is 4.63. The highest BCUT2D eigenvalue weighted by Gasteiger charge is 2.11. The summed E-state index contributed by atoms with van der Waals surface area (Å²) in [5.41, 5.74) is -0.559. The molecule has 0 amide bonds. The Hall–Kier alpha value is -1.88. The number of aromatic nitrogens is 1. The number of carbonyl (C=O) groups is 1. The first-order chi connectivity index (χ1) is 8.02. The molecule has 0 fully saturated rings. The lowest BCUT2D eigenvalue weighted by Crippen LogP contribution is -2.14. The summed E-state index contributed by atoms with van der Waals surface area (Å²) >= 11 is 5.57. The van der Waals surface area contributed by atoms with E-state index in [0.717, 1.165) is 6.07 Å². The highest BCUT2D eigenvalue weighted by Crippen LogP contribution is 2.20. The van der Waals surface area contributed by atoms with Gasteiger partial charge in [-0.25, -0.2) is 9.18 Å². The topological polar surface area (TPSA) is 59.2 Å². The molecular weight excluding hydrogens is 249 g/mol. The van der Waals surface area contributed by atoms with Gasteiger partial charge in [-0.2, -0.15) is 0 Å². The van der Waals surface area contributed by atoms with E-state index in [1.165, 1.54) is 19.2 Å². The van der Waals surface area contributed by atoms with E-state index in [2.05, 4.69) is 9.72 Å². The van der Waals surface area contributed by atoms with Crippen molar-refractivity contribution >= 4 is 28.3 Å². The fourth-order valence-corrected chi connectivity index (χ4v) is 1.64. The Kier molecular flexibility index (Phi) is 2.85. The van der Waals surface area contributed by atoms with E-state index in [1.807, 2.05) is 0 Å². The second-order valence-electron chi connectivity index (χ2n) is 3.36. The molecule has 0 unspecified atom stereocenters. The molecule has 1 aromatic heterocycles. The van der Waals surface area contributed by atoms with E-state index in [-0.39, 0.29) is 21.5 Å². The van der Waals surface area contributed by atoms with Gasteiger partial charge in [0.2, 0.25) is 0 Å². The molecule has 1 heterocycles. The van der Waals surface area contributed by atoms with Crippen LogP contribution in [-0.2, 0) is 4.74 Å². The van der Waals surface area contributed by atoms with Gasteiger partial charge in [-0.05, 0) is 23.6 Å². The van der Waals surface area contributed by atoms with Crippen molar-refractivity contribution in [3.8, 4) is 0 Å². The number of benzene rings is 1. The summed E-state index contributed by atoms with van der Waals surface area (Å²) in [6.45, 7) is 0. The zero-order valence-electron chi connectivity index (χ0n) is 8.71. The average molecular weight is 256 g/mol. The van der Waals surface area contributed by atoms with Crippen LogP contribution < -0.4 is 5.56 Å².